The number of nitrogens with zero attached hydrogens (tertiary/aromatic N) is 1. The van der Waals surface area contributed by atoms with E-state index >= 15 is 0 Å². The lowest BCUT2D eigenvalue weighted by atomic mass is 9.93. The van der Waals surface area contributed by atoms with Crippen LogP contribution in [0.1, 0.15) is 38.4 Å². The highest BCUT2D eigenvalue weighted by atomic mass is 32.1. The quantitative estimate of drug-likeness (QED) is 0.780. The van der Waals surface area contributed by atoms with Gasteiger partial charge in [0, 0.05) is 17.2 Å². The van der Waals surface area contributed by atoms with Crippen molar-refractivity contribution in [2.45, 2.75) is 45.7 Å². The largest absolute Gasteiger partial charge is 0.464 e. The second kappa shape index (κ2) is 5.58. The van der Waals surface area contributed by atoms with E-state index in [2.05, 4.69) is 9.72 Å². The summed E-state index contributed by atoms with van der Waals surface area (Å²) in [5.74, 6) is -0.806. The third kappa shape index (κ3) is 4.07. The molecule has 1 unspecified atom stereocenters. The Hall–Kier alpha value is -0.970. The number of hydrogen-bond acceptors (Lipinski definition) is 4. The molecule has 96 valence electrons. The number of aromatic nitrogens is 1. The highest BCUT2D eigenvalue weighted by Gasteiger charge is 2.23. The third-order valence-electron chi connectivity index (χ3n) is 2.22. The van der Waals surface area contributed by atoms with Gasteiger partial charge in [0.2, 0.25) is 6.17 Å². The molecule has 0 aliphatic rings. The smallest absolute Gasteiger partial charge is 0.341 e. The Kier molecular flexibility index (Phi) is 4.62. The molecule has 0 aliphatic carbocycles. The standard InChI is InChI=1S/C12H18FNO2S/c1-5-16-11(15)8(13)6-10-14-9(7-17-10)12(2,3)4/h7-8H,5-6H2,1-4H3. The van der Waals surface area contributed by atoms with Gasteiger partial charge in [-0.2, -0.15) is 0 Å². The van der Waals surface area contributed by atoms with Crippen LogP contribution in [0.15, 0.2) is 5.38 Å². The molecule has 1 atom stereocenters. The van der Waals surface area contributed by atoms with Crippen LogP contribution in [0, 0.1) is 0 Å². The molecular formula is C12H18FNO2S. The molecule has 0 saturated carbocycles. The summed E-state index contributed by atoms with van der Waals surface area (Å²) in [4.78, 5) is 15.5. The number of carbonyl (C=O) groups is 1. The van der Waals surface area contributed by atoms with E-state index in [0.717, 1.165) is 5.69 Å². The van der Waals surface area contributed by atoms with E-state index in [1.54, 1.807) is 6.92 Å². The zero-order valence-electron chi connectivity index (χ0n) is 10.6. The highest BCUT2D eigenvalue weighted by Crippen LogP contribution is 2.24. The predicted octanol–water partition coefficient (Wildman–Crippen LogP) is 2.88. The molecule has 0 fully saturated rings. The number of rotatable bonds is 4. The van der Waals surface area contributed by atoms with Crippen molar-refractivity contribution in [1.82, 2.24) is 4.98 Å². The summed E-state index contributed by atoms with van der Waals surface area (Å²) < 4.78 is 18.1. The van der Waals surface area contributed by atoms with Crippen molar-refractivity contribution in [2.75, 3.05) is 6.61 Å². The lowest BCUT2D eigenvalue weighted by Gasteiger charge is -2.14. The van der Waals surface area contributed by atoms with Gasteiger partial charge in [-0.15, -0.1) is 11.3 Å². The Labute approximate surface area is 105 Å². The zero-order chi connectivity index (χ0) is 13.1. The second-order valence-corrected chi connectivity index (χ2v) is 5.74. The van der Waals surface area contributed by atoms with E-state index in [9.17, 15) is 9.18 Å². The number of ether oxygens (including phenoxy) is 1. The van der Waals surface area contributed by atoms with Gasteiger partial charge >= 0.3 is 5.97 Å². The topological polar surface area (TPSA) is 39.2 Å². The van der Waals surface area contributed by atoms with Gasteiger partial charge in [0.15, 0.2) is 0 Å². The molecule has 0 radical (unpaired) electrons. The van der Waals surface area contributed by atoms with Crippen LogP contribution in [-0.4, -0.2) is 23.7 Å². The number of carbonyl (C=O) groups excluding carboxylic acids is 1. The molecule has 17 heavy (non-hydrogen) atoms. The molecule has 1 aromatic rings. The van der Waals surface area contributed by atoms with Crippen LogP contribution in [0.2, 0.25) is 0 Å². The summed E-state index contributed by atoms with van der Waals surface area (Å²) in [6, 6.07) is 0. The molecule has 0 amide bonds. The molecule has 0 bridgehead atoms. The average Bonchev–Trinajstić information content (AvgIpc) is 2.66. The first-order valence-corrected chi connectivity index (χ1v) is 6.48. The van der Waals surface area contributed by atoms with Gasteiger partial charge < -0.3 is 4.74 Å². The number of thiazole rings is 1. The van der Waals surface area contributed by atoms with Crippen LogP contribution >= 0.6 is 11.3 Å². The second-order valence-electron chi connectivity index (χ2n) is 4.80. The van der Waals surface area contributed by atoms with E-state index in [1.165, 1.54) is 11.3 Å². The third-order valence-corrected chi connectivity index (χ3v) is 3.09. The molecule has 3 nitrogen and oxygen atoms in total. The fourth-order valence-corrected chi connectivity index (χ4v) is 2.27. The molecule has 5 heteroatoms. The fraction of sp³-hybridized carbons (Fsp3) is 0.667. The van der Waals surface area contributed by atoms with E-state index in [4.69, 9.17) is 0 Å². The maximum Gasteiger partial charge on any atom is 0.341 e. The van der Waals surface area contributed by atoms with Crippen molar-refractivity contribution in [3.05, 3.63) is 16.1 Å². The van der Waals surface area contributed by atoms with Crippen molar-refractivity contribution < 1.29 is 13.9 Å². The summed E-state index contributed by atoms with van der Waals surface area (Å²) in [6.45, 7) is 7.99. The van der Waals surface area contributed by atoms with Gasteiger partial charge in [0.05, 0.1) is 17.3 Å². The normalized spacial score (nSPS) is 13.5. The first kappa shape index (κ1) is 14.1. The Morgan fingerprint density at radius 1 is 1.59 bits per heavy atom. The van der Waals surface area contributed by atoms with Crippen LogP contribution in [0.25, 0.3) is 0 Å². The minimum atomic E-state index is -1.62. The highest BCUT2D eigenvalue weighted by molar-refractivity contribution is 7.09. The average molecular weight is 259 g/mol. The molecule has 1 heterocycles. The lowest BCUT2D eigenvalue weighted by Crippen LogP contribution is -2.21. The minimum Gasteiger partial charge on any atom is -0.464 e. The van der Waals surface area contributed by atoms with Gasteiger partial charge in [-0.25, -0.2) is 14.2 Å². The number of alkyl halides is 1. The van der Waals surface area contributed by atoms with Gasteiger partial charge in [-0.1, -0.05) is 20.8 Å². The van der Waals surface area contributed by atoms with Gasteiger partial charge in [0.1, 0.15) is 0 Å². The molecule has 1 rings (SSSR count). The van der Waals surface area contributed by atoms with Crippen LogP contribution < -0.4 is 0 Å². The summed E-state index contributed by atoms with van der Waals surface area (Å²) >= 11 is 1.38. The molecule has 0 aliphatic heterocycles. The zero-order valence-corrected chi connectivity index (χ0v) is 11.4. The van der Waals surface area contributed by atoms with Gasteiger partial charge in [-0.05, 0) is 6.92 Å². The SMILES string of the molecule is CCOC(=O)C(F)Cc1nc(C(C)(C)C)cs1. The molecule has 0 aromatic carbocycles. The van der Waals surface area contributed by atoms with Crippen molar-refractivity contribution >= 4 is 17.3 Å². The number of halogens is 1. The first-order valence-electron chi connectivity index (χ1n) is 5.60. The summed E-state index contributed by atoms with van der Waals surface area (Å²) in [5.41, 5.74) is 0.873. The number of hydrogen-bond donors (Lipinski definition) is 0. The Balaban J connectivity index is 2.64. The van der Waals surface area contributed by atoms with Crippen molar-refractivity contribution in [2.24, 2.45) is 0 Å². The molecule has 0 N–H and O–H groups in total. The Morgan fingerprint density at radius 2 is 2.24 bits per heavy atom. The van der Waals surface area contributed by atoms with Gasteiger partial charge in [-0.3, -0.25) is 0 Å². The molecule has 1 aromatic heterocycles. The monoisotopic (exact) mass is 259 g/mol. The minimum absolute atomic E-state index is 0.000417. The van der Waals surface area contributed by atoms with Crippen molar-refractivity contribution in [3.8, 4) is 0 Å². The lowest BCUT2D eigenvalue weighted by molar-refractivity contribution is -0.149. The molecule has 0 spiro atoms. The Morgan fingerprint density at radius 3 is 2.71 bits per heavy atom. The number of esters is 1. The van der Waals surface area contributed by atoms with Crippen LogP contribution in [0.5, 0.6) is 0 Å². The van der Waals surface area contributed by atoms with Gasteiger partial charge in [0.25, 0.3) is 0 Å². The molecular weight excluding hydrogens is 241 g/mol. The van der Waals surface area contributed by atoms with Crippen molar-refractivity contribution in [1.29, 1.82) is 0 Å². The van der Waals surface area contributed by atoms with E-state index in [-0.39, 0.29) is 18.4 Å². The first-order chi connectivity index (χ1) is 7.84. The van der Waals surface area contributed by atoms with Crippen LogP contribution in [0.3, 0.4) is 0 Å². The van der Waals surface area contributed by atoms with Crippen LogP contribution in [0.4, 0.5) is 4.39 Å². The summed E-state index contributed by atoms with van der Waals surface area (Å²) in [7, 11) is 0. The van der Waals surface area contributed by atoms with E-state index in [0.29, 0.717) is 5.01 Å². The summed E-state index contributed by atoms with van der Waals surface area (Å²) in [6.07, 6.45) is -1.62. The van der Waals surface area contributed by atoms with E-state index in [1.807, 2.05) is 26.2 Å². The summed E-state index contributed by atoms with van der Waals surface area (Å²) in [5, 5.41) is 2.54. The predicted molar refractivity (Wildman–Crippen MR) is 66.0 cm³/mol. The fourth-order valence-electron chi connectivity index (χ4n) is 1.22. The van der Waals surface area contributed by atoms with E-state index < -0.39 is 12.1 Å². The Bertz CT molecular complexity index is 384. The maximum absolute atomic E-state index is 13.5. The maximum atomic E-state index is 13.5. The molecule has 0 saturated heterocycles. The van der Waals surface area contributed by atoms with Crippen molar-refractivity contribution in [3.63, 3.8) is 0 Å². The van der Waals surface area contributed by atoms with Crippen LogP contribution in [-0.2, 0) is 21.4 Å².